The monoisotopic (exact) mass is 278 g/mol. The van der Waals surface area contributed by atoms with E-state index in [9.17, 15) is 5.11 Å². The Kier molecular flexibility index (Phi) is 3.04. The van der Waals surface area contributed by atoms with E-state index in [1.807, 2.05) is 36.4 Å². The van der Waals surface area contributed by atoms with Gasteiger partial charge in [-0.2, -0.15) is 0 Å². The Bertz CT molecular complexity index is 751. The minimum atomic E-state index is -0.635. The predicted octanol–water partition coefficient (Wildman–Crippen LogP) is 4.78. The molecule has 2 aromatic carbocycles. The van der Waals surface area contributed by atoms with E-state index in [1.54, 1.807) is 6.26 Å². The zero-order valence-corrected chi connectivity index (χ0v) is 11.8. The lowest BCUT2D eigenvalue weighted by molar-refractivity contribution is 0.220. The summed E-state index contributed by atoms with van der Waals surface area (Å²) in [6.45, 7) is 0. The first-order chi connectivity index (χ1) is 10.3. The van der Waals surface area contributed by atoms with Crippen molar-refractivity contribution in [2.45, 2.75) is 31.3 Å². The van der Waals surface area contributed by atoms with Gasteiger partial charge in [0.25, 0.3) is 0 Å². The van der Waals surface area contributed by atoms with Crippen molar-refractivity contribution in [2.24, 2.45) is 0 Å². The van der Waals surface area contributed by atoms with Crippen LogP contribution in [-0.2, 0) is 0 Å². The number of benzene rings is 2. The summed E-state index contributed by atoms with van der Waals surface area (Å²) in [6.07, 6.45) is 4.97. The largest absolute Gasteiger partial charge is 0.464 e. The maximum atomic E-state index is 10.6. The van der Waals surface area contributed by atoms with Gasteiger partial charge in [0.05, 0.1) is 6.26 Å². The van der Waals surface area contributed by atoms with Crippen LogP contribution in [0.15, 0.2) is 59.2 Å². The van der Waals surface area contributed by atoms with Gasteiger partial charge in [-0.1, -0.05) is 48.9 Å². The van der Waals surface area contributed by atoms with Crippen LogP contribution in [0.1, 0.15) is 48.0 Å². The molecule has 2 nitrogen and oxygen atoms in total. The number of rotatable bonds is 3. The van der Waals surface area contributed by atoms with Crippen molar-refractivity contribution < 1.29 is 9.52 Å². The first-order valence-corrected chi connectivity index (χ1v) is 7.57. The summed E-state index contributed by atoms with van der Waals surface area (Å²) in [5.41, 5.74) is 3.97. The summed E-state index contributed by atoms with van der Waals surface area (Å²) in [6, 6.07) is 16.2. The molecule has 1 saturated carbocycles. The Morgan fingerprint density at radius 2 is 1.76 bits per heavy atom. The quantitative estimate of drug-likeness (QED) is 0.747. The van der Waals surface area contributed by atoms with E-state index in [0.29, 0.717) is 0 Å². The van der Waals surface area contributed by atoms with E-state index in [-0.39, 0.29) is 0 Å². The highest BCUT2D eigenvalue weighted by molar-refractivity contribution is 5.81. The molecule has 106 valence electrons. The van der Waals surface area contributed by atoms with Crippen LogP contribution < -0.4 is 0 Å². The number of para-hydroxylation sites is 1. The highest BCUT2D eigenvalue weighted by atomic mass is 16.3. The van der Waals surface area contributed by atoms with Crippen molar-refractivity contribution in [1.29, 1.82) is 0 Å². The Hall–Kier alpha value is -2.06. The average Bonchev–Trinajstić information content (AvgIpc) is 2.89. The van der Waals surface area contributed by atoms with Crippen LogP contribution in [0.3, 0.4) is 0 Å². The van der Waals surface area contributed by atoms with Crippen LogP contribution in [0.5, 0.6) is 0 Å². The number of hydrogen-bond acceptors (Lipinski definition) is 2. The van der Waals surface area contributed by atoms with Gasteiger partial charge in [0.15, 0.2) is 0 Å². The summed E-state index contributed by atoms with van der Waals surface area (Å²) in [5, 5.41) is 11.6. The van der Waals surface area contributed by atoms with Gasteiger partial charge in [-0.25, -0.2) is 0 Å². The van der Waals surface area contributed by atoms with E-state index < -0.39 is 6.10 Å². The molecule has 1 heterocycles. The fraction of sp³-hybridized carbons (Fsp3) is 0.263. The number of hydrogen-bond donors (Lipinski definition) is 1. The minimum absolute atomic E-state index is 0.635. The summed E-state index contributed by atoms with van der Waals surface area (Å²) < 4.78 is 5.52. The highest BCUT2D eigenvalue weighted by Crippen LogP contribution is 2.37. The van der Waals surface area contributed by atoms with Crippen molar-refractivity contribution in [1.82, 2.24) is 0 Å². The minimum Gasteiger partial charge on any atom is -0.464 e. The standard InChI is InChI=1S/C19H18O2/c20-19(17-12-21-18-7-2-1-6-16(17)18)15-10-8-14(9-11-15)13-4-3-5-13/h1-2,6-13,19-20H,3-5H2. The third-order valence-corrected chi connectivity index (χ3v) is 4.63. The Morgan fingerprint density at radius 1 is 1.00 bits per heavy atom. The molecule has 0 saturated heterocycles. The fourth-order valence-corrected chi connectivity index (χ4v) is 3.08. The van der Waals surface area contributed by atoms with E-state index >= 15 is 0 Å². The molecule has 1 N–H and O–H groups in total. The molecule has 0 bridgehead atoms. The molecule has 1 fully saturated rings. The molecule has 4 rings (SSSR count). The lowest BCUT2D eigenvalue weighted by Gasteiger charge is -2.26. The first kappa shape index (κ1) is 12.7. The number of furan rings is 1. The molecular formula is C19H18O2. The predicted molar refractivity (Wildman–Crippen MR) is 83.3 cm³/mol. The first-order valence-electron chi connectivity index (χ1n) is 7.57. The second-order valence-electron chi connectivity index (χ2n) is 5.88. The molecule has 0 spiro atoms. The summed E-state index contributed by atoms with van der Waals surface area (Å²) in [5.74, 6) is 0.728. The normalized spacial score (nSPS) is 16.8. The lowest BCUT2D eigenvalue weighted by Crippen LogP contribution is -2.08. The van der Waals surface area contributed by atoms with E-state index in [4.69, 9.17) is 4.42 Å². The van der Waals surface area contributed by atoms with Gasteiger partial charge in [0.2, 0.25) is 0 Å². The maximum absolute atomic E-state index is 10.6. The van der Waals surface area contributed by atoms with Crippen LogP contribution in [0.4, 0.5) is 0 Å². The summed E-state index contributed by atoms with van der Waals surface area (Å²) >= 11 is 0. The van der Waals surface area contributed by atoms with Crippen LogP contribution in [0.25, 0.3) is 11.0 Å². The van der Waals surface area contributed by atoms with Crippen LogP contribution in [0.2, 0.25) is 0 Å². The molecule has 0 radical (unpaired) electrons. The van der Waals surface area contributed by atoms with Crippen molar-refractivity contribution in [2.75, 3.05) is 0 Å². The SMILES string of the molecule is OC(c1ccc(C2CCC2)cc1)c1coc2ccccc12. The molecule has 21 heavy (non-hydrogen) atoms. The Labute approximate surface area is 124 Å². The van der Waals surface area contributed by atoms with E-state index in [1.165, 1.54) is 24.8 Å². The summed E-state index contributed by atoms with van der Waals surface area (Å²) in [4.78, 5) is 0. The van der Waals surface area contributed by atoms with Crippen molar-refractivity contribution in [3.63, 3.8) is 0 Å². The van der Waals surface area contributed by atoms with Gasteiger partial charge in [0, 0.05) is 10.9 Å². The molecule has 0 amide bonds. The third-order valence-electron chi connectivity index (χ3n) is 4.63. The van der Waals surface area contributed by atoms with Gasteiger partial charge in [-0.3, -0.25) is 0 Å². The number of fused-ring (bicyclic) bond motifs is 1. The van der Waals surface area contributed by atoms with Gasteiger partial charge >= 0.3 is 0 Å². The molecule has 2 heteroatoms. The van der Waals surface area contributed by atoms with Gasteiger partial charge in [-0.15, -0.1) is 0 Å². The van der Waals surface area contributed by atoms with Crippen LogP contribution in [0, 0.1) is 0 Å². The van der Waals surface area contributed by atoms with Gasteiger partial charge in [0.1, 0.15) is 11.7 Å². The Morgan fingerprint density at radius 3 is 2.48 bits per heavy atom. The number of aliphatic hydroxyl groups is 1. The maximum Gasteiger partial charge on any atom is 0.134 e. The zero-order valence-electron chi connectivity index (χ0n) is 11.8. The molecule has 1 atom stereocenters. The van der Waals surface area contributed by atoms with Crippen molar-refractivity contribution in [3.05, 3.63) is 71.5 Å². The molecule has 0 aliphatic heterocycles. The third kappa shape index (κ3) is 2.16. The topological polar surface area (TPSA) is 33.4 Å². The van der Waals surface area contributed by atoms with E-state index in [0.717, 1.165) is 28.0 Å². The second kappa shape index (κ2) is 5.05. The molecular weight excluding hydrogens is 260 g/mol. The van der Waals surface area contributed by atoms with Crippen LogP contribution in [-0.4, -0.2) is 5.11 Å². The molecule has 1 aliphatic carbocycles. The lowest BCUT2D eigenvalue weighted by atomic mass is 9.80. The zero-order chi connectivity index (χ0) is 14.2. The highest BCUT2D eigenvalue weighted by Gasteiger charge is 2.20. The molecule has 1 aromatic heterocycles. The van der Waals surface area contributed by atoms with E-state index in [2.05, 4.69) is 12.1 Å². The van der Waals surface area contributed by atoms with Crippen molar-refractivity contribution in [3.8, 4) is 0 Å². The van der Waals surface area contributed by atoms with Gasteiger partial charge in [-0.05, 0) is 36.0 Å². The number of aliphatic hydroxyl groups excluding tert-OH is 1. The molecule has 3 aromatic rings. The smallest absolute Gasteiger partial charge is 0.134 e. The second-order valence-corrected chi connectivity index (χ2v) is 5.88. The molecule has 1 aliphatic rings. The van der Waals surface area contributed by atoms with Crippen molar-refractivity contribution >= 4 is 11.0 Å². The Balaban J connectivity index is 1.65. The molecule has 1 unspecified atom stereocenters. The summed E-state index contributed by atoms with van der Waals surface area (Å²) in [7, 11) is 0. The van der Waals surface area contributed by atoms with Crippen LogP contribution >= 0.6 is 0 Å². The fourth-order valence-electron chi connectivity index (χ4n) is 3.08. The van der Waals surface area contributed by atoms with Gasteiger partial charge < -0.3 is 9.52 Å². The average molecular weight is 278 g/mol.